The number of carbonyl (C=O) groups excluding carboxylic acids is 1. The largest absolute Gasteiger partial charge is 0.398 e. The van der Waals surface area contributed by atoms with Crippen molar-refractivity contribution in [3.63, 3.8) is 0 Å². The van der Waals surface area contributed by atoms with E-state index in [-0.39, 0.29) is 5.91 Å². The number of aryl methyl sites for hydroxylation is 1. The highest BCUT2D eigenvalue weighted by atomic mass is 79.9. The third kappa shape index (κ3) is 3.62. The van der Waals surface area contributed by atoms with Gasteiger partial charge in [-0.2, -0.15) is 0 Å². The van der Waals surface area contributed by atoms with Crippen molar-refractivity contribution in [3.8, 4) is 0 Å². The molecule has 2 aromatic carbocycles. The average molecular weight is 349 g/mol. The predicted molar refractivity (Wildman–Crippen MR) is 88.4 cm³/mol. The molecule has 0 aliphatic carbocycles. The number of ether oxygens (including phenoxy) is 1. The summed E-state index contributed by atoms with van der Waals surface area (Å²) in [5, 5.41) is 2.89. The second-order valence-corrected chi connectivity index (χ2v) is 5.60. The molecule has 0 bridgehead atoms. The standard InChI is InChI=1S/C16H17BrN2O2/c1-10-6-7-14(18)11(8-10)16(20)19-15-5-3-4-13(17)12(15)9-21-2/h3-8H,9,18H2,1-2H3,(H,19,20). The van der Waals surface area contributed by atoms with Crippen molar-refractivity contribution in [2.24, 2.45) is 0 Å². The number of hydrogen-bond donors (Lipinski definition) is 2. The van der Waals surface area contributed by atoms with Gasteiger partial charge in [0.2, 0.25) is 0 Å². The lowest BCUT2D eigenvalue weighted by molar-refractivity contribution is 0.102. The topological polar surface area (TPSA) is 64.3 Å². The van der Waals surface area contributed by atoms with Crippen molar-refractivity contribution in [2.45, 2.75) is 13.5 Å². The number of amides is 1. The van der Waals surface area contributed by atoms with Crippen LogP contribution in [0.2, 0.25) is 0 Å². The second-order valence-electron chi connectivity index (χ2n) is 4.74. The summed E-state index contributed by atoms with van der Waals surface area (Å²) in [6.45, 7) is 2.33. The Morgan fingerprint density at radius 1 is 1.33 bits per heavy atom. The van der Waals surface area contributed by atoms with Gasteiger partial charge < -0.3 is 15.8 Å². The average Bonchev–Trinajstić information content (AvgIpc) is 2.45. The van der Waals surface area contributed by atoms with Crippen LogP contribution < -0.4 is 11.1 Å². The first-order valence-electron chi connectivity index (χ1n) is 6.46. The van der Waals surface area contributed by atoms with Gasteiger partial charge in [0, 0.05) is 28.5 Å². The second kappa shape index (κ2) is 6.74. The molecule has 4 nitrogen and oxygen atoms in total. The minimum atomic E-state index is -0.230. The minimum Gasteiger partial charge on any atom is -0.398 e. The van der Waals surface area contributed by atoms with Gasteiger partial charge in [-0.25, -0.2) is 0 Å². The zero-order chi connectivity index (χ0) is 15.4. The molecule has 0 aliphatic heterocycles. The summed E-state index contributed by atoms with van der Waals surface area (Å²) in [5.74, 6) is -0.230. The molecule has 0 aromatic heterocycles. The van der Waals surface area contributed by atoms with Gasteiger partial charge in [0.1, 0.15) is 0 Å². The molecule has 5 heteroatoms. The Balaban J connectivity index is 2.31. The number of methoxy groups -OCH3 is 1. The Bertz CT molecular complexity index is 671. The first-order chi connectivity index (χ1) is 10.0. The molecule has 21 heavy (non-hydrogen) atoms. The zero-order valence-electron chi connectivity index (χ0n) is 11.9. The predicted octanol–water partition coefficient (Wildman–Crippen LogP) is 3.74. The first kappa shape index (κ1) is 15.5. The smallest absolute Gasteiger partial charge is 0.257 e. The van der Waals surface area contributed by atoms with Crippen LogP contribution in [0.4, 0.5) is 11.4 Å². The summed E-state index contributed by atoms with van der Waals surface area (Å²) in [7, 11) is 1.61. The van der Waals surface area contributed by atoms with E-state index in [2.05, 4.69) is 21.2 Å². The van der Waals surface area contributed by atoms with E-state index < -0.39 is 0 Å². The van der Waals surface area contributed by atoms with E-state index >= 15 is 0 Å². The van der Waals surface area contributed by atoms with Crippen molar-refractivity contribution in [1.29, 1.82) is 0 Å². The molecule has 0 saturated carbocycles. The van der Waals surface area contributed by atoms with Crippen molar-refractivity contribution < 1.29 is 9.53 Å². The van der Waals surface area contributed by atoms with E-state index in [0.29, 0.717) is 23.5 Å². The van der Waals surface area contributed by atoms with Gasteiger partial charge in [0.25, 0.3) is 5.91 Å². The van der Waals surface area contributed by atoms with Crippen LogP contribution in [-0.2, 0) is 11.3 Å². The summed E-state index contributed by atoms with van der Waals surface area (Å²) in [6, 6.07) is 11.0. The number of nitrogen functional groups attached to an aromatic ring is 1. The number of hydrogen-bond acceptors (Lipinski definition) is 3. The van der Waals surface area contributed by atoms with Crippen LogP contribution >= 0.6 is 15.9 Å². The number of rotatable bonds is 4. The van der Waals surface area contributed by atoms with Crippen LogP contribution in [-0.4, -0.2) is 13.0 Å². The maximum absolute atomic E-state index is 12.4. The maximum Gasteiger partial charge on any atom is 0.257 e. The molecule has 1 amide bonds. The molecule has 0 spiro atoms. The van der Waals surface area contributed by atoms with Crippen LogP contribution in [0.25, 0.3) is 0 Å². The number of carbonyl (C=O) groups is 1. The molecular formula is C16H17BrN2O2. The number of nitrogens with two attached hydrogens (primary N) is 1. The molecule has 0 unspecified atom stereocenters. The third-order valence-corrected chi connectivity index (χ3v) is 3.85. The van der Waals surface area contributed by atoms with Gasteiger partial charge in [-0.1, -0.05) is 33.6 Å². The van der Waals surface area contributed by atoms with Crippen molar-refractivity contribution in [2.75, 3.05) is 18.2 Å². The minimum absolute atomic E-state index is 0.230. The van der Waals surface area contributed by atoms with E-state index in [0.717, 1.165) is 15.6 Å². The highest BCUT2D eigenvalue weighted by Crippen LogP contribution is 2.26. The Labute approximate surface area is 132 Å². The quantitative estimate of drug-likeness (QED) is 0.827. The maximum atomic E-state index is 12.4. The van der Waals surface area contributed by atoms with Gasteiger partial charge in [0.05, 0.1) is 12.2 Å². The number of anilines is 2. The Kier molecular flexibility index (Phi) is 4.98. The van der Waals surface area contributed by atoms with E-state index in [1.54, 1.807) is 19.2 Å². The summed E-state index contributed by atoms with van der Waals surface area (Å²) < 4.78 is 6.06. The van der Waals surface area contributed by atoms with Crippen molar-refractivity contribution >= 4 is 33.2 Å². The summed E-state index contributed by atoms with van der Waals surface area (Å²) in [5.41, 5.74) is 9.39. The molecule has 2 rings (SSSR count). The number of nitrogens with one attached hydrogen (secondary N) is 1. The number of benzene rings is 2. The lowest BCUT2D eigenvalue weighted by atomic mass is 10.1. The summed E-state index contributed by atoms with van der Waals surface area (Å²) >= 11 is 3.46. The van der Waals surface area contributed by atoms with E-state index in [1.165, 1.54) is 0 Å². The molecule has 0 fully saturated rings. The fourth-order valence-electron chi connectivity index (χ4n) is 2.02. The highest BCUT2D eigenvalue weighted by molar-refractivity contribution is 9.10. The van der Waals surface area contributed by atoms with Crippen LogP contribution in [0.1, 0.15) is 21.5 Å². The monoisotopic (exact) mass is 348 g/mol. The third-order valence-electron chi connectivity index (χ3n) is 3.11. The summed E-state index contributed by atoms with van der Waals surface area (Å²) in [4.78, 5) is 12.4. The first-order valence-corrected chi connectivity index (χ1v) is 7.26. The molecule has 0 saturated heterocycles. The lowest BCUT2D eigenvalue weighted by Gasteiger charge is -2.13. The molecule has 0 atom stereocenters. The lowest BCUT2D eigenvalue weighted by Crippen LogP contribution is -2.15. The summed E-state index contributed by atoms with van der Waals surface area (Å²) in [6.07, 6.45) is 0. The Hall–Kier alpha value is -1.85. The van der Waals surface area contributed by atoms with Gasteiger partial charge in [-0.05, 0) is 31.2 Å². The highest BCUT2D eigenvalue weighted by Gasteiger charge is 2.13. The fourth-order valence-corrected chi connectivity index (χ4v) is 2.50. The van der Waals surface area contributed by atoms with Crippen LogP contribution in [0.5, 0.6) is 0 Å². The Morgan fingerprint density at radius 2 is 2.10 bits per heavy atom. The molecule has 0 heterocycles. The fraction of sp³-hybridized carbons (Fsp3) is 0.188. The molecular weight excluding hydrogens is 332 g/mol. The van der Waals surface area contributed by atoms with Gasteiger partial charge >= 0.3 is 0 Å². The van der Waals surface area contributed by atoms with E-state index in [1.807, 2.05) is 31.2 Å². The molecule has 3 N–H and O–H groups in total. The van der Waals surface area contributed by atoms with Gasteiger partial charge in [0.15, 0.2) is 0 Å². The van der Waals surface area contributed by atoms with Crippen molar-refractivity contribution in [1.82, 2.24) is 0 Å². The van der Waals surface area contributed by atoms with Gasteiger partial charge in [-0.3, -0.25) is 4.79 Å². The molecule has 110 valence electrons. The van der Waals surface area contributed by atoms with Crippen molar-refractivity contribution in [3.05, 3.63) is 57.6 Å². The normalized spacial score (nSPS) is 10.4. The Morgan fingerprint density at radius 3 is 2.81 bits per heavy atom. The molecule has 0 aliphatic rings. The van der Waals surface area contributed by atoms with E-state index in [4.69, 9.17) is 10.5 Å². The van der Waals surface area contributed by atoms with Crippen LogP contribution in [0.15, 0.2) is 40.9 Å². The number of halogens is 1. The zero-order valence-corrected chi connectivity index (χ0v) is 13.5. The van der Waals surface area contributed by atoms with Crippen LogP contribution in [0, 0.1) is 6.92 Å². The van der Waals surface area contributed by atoms with Gasteiger partial charge in [-0.15, -0.1) is 0 Å². The van der Waals surface area contributed by atoms with E-state index in [9.17, 15) is 4.79 Å². The van der Waals surface area contributed by atoms with Crippen LogP contribution in [0.3, 0.4) is 0 Å². The molecule has 2 aromatic rings. The molecule has 0 radical (unpaired) electrons. The SMILES string of the molecule is COCc1c(Br)cccc1NC(=O)c1cc(C)ccc1N.